The summed E-state index contributed by atoms with van der Waals surface area (Å²) < 4.78 is 7.63. The van der Waals surface area contributed by atoms with Crippen LogP contribution in [0.4, 0.5) is 10.5 Å². The summed E-state index contributed by atoms with van der Waals surface area (Å²) in [4.78, 5) is 12.9. The third-order valence-electron chi connectivity index (χ3n) is 5.74. The molecule has 0 fully saturated rings. The lowest BCUT2D eigenvalue weighted by Gasteiger charge is -2.18. The number of amides is 2. The zero-order chi connectivity index (χ0) is 25.5. The van der Waals surface area contributed by atoms with Gasteiger partial charge in [-0.25, -0.2) is 4.79 Å². The van der Waals surface area contributed by atoms with Gasteiger partial charge in [0.15, 0.2) is 11.0 Å². The smallest absolute Gasteiger partial charge is 0.319 e. The summed E-state index contributed by atoms with van der Waals surface area (Å²) >= 11 is 1.63. The maximum Gasteiger partial charge on any atom is 0.319 e. The van der Waals surface area contributed by atoms with Gasteiger partial charge < -0.3 is 15.4 Å². The van der Waals surface area contributed by atoms with Crippen molar-refractivity contribution in [2.45, 2.75) is 44.6 Å². The highest BCUT2D eigenvalue weighted by Gasteiger charge is 2.22. The Hall–Kier alpha value is -3.78. The second-order valence-corrected chi connectivity index (χ2v) is 9.42. The molecule has 3 aromatic carbocycles. The third-order valence-corrected chi connectivity index (χ3v) is 6.72. The first kappa shape index (κ1) is 25.3. The summed E-state index contributed by atoms with van der Waals surface area (Å²) in [6.45, 7) is 8.49. The van der Waals surface area contributed by atoms with Crippen LogP contribution in [0.3, 0.4) is 0 Å². The summed E-state index contributed by atoms with van der Waals surface area (Å²) in [7, 11) is 0. The van der Waals surface area contributed by atoms with Crippen molar-refractivity contribution >= 4 is 23.5 Å². The van der Waals surface area contributed by atoms with Crippen molar-refractivity contribution in [1.29, 1.82) is 0 Å². The molecule has 0 spiro atoms. The number of urea groups is 1. The normalized spacial score (nSPS) is 11.7. The molecule has 4 rings (SSSR count). The van der Waals surface area contributed by atoms with Crippen molar-refractivity contribution in [3.63, 3.8) is 0 Å². The molecule has 2 amide bonds. The predicted octanol–water partition coefficient (Wildman–Crippen LogP) is 6.46. The lowest BCUT2D eigenvalue weighted by atomic mass is 10.1. The Morgan fingerprint density at radius 3 is 2.47 bits per heavy atom. The van der Waals surface area contributed by atoms with E-state index in [0.717, 1.165) is 16.6 Å². The van der Waals surface area contributed by atoms with Crippen LogP contribution in [0, 0.1) is 13.8 Å². The number of hydrogen-bond acceptors (Lipinski definition) is 5. The summed E-state index contributed by atoms with van der Waals surface area (Å²) in [6, 6.07) is 23.2. The highest BCUT2D eigenvalue weighted by Crippen LogP contribution is 2.29. The van der Waals surface area contributed by atoms with Crippen LogP contribution in [0.15, 0.2) is 78.0 Å². The van der Waals surface area contributed by atoms with Gasteiger partial charge in [-0.15, -0.1) is 10.2 Å². The lowest BCUT2D eigenvalue weighted by Crippen LogP contribution is -2.32. The van der Waals surface area contributed by atoms with Crippen molar-refractivity contribution in [2.24, 2.45) is 0 Å². The first-order valence-electron chi connectivity index (χ1n) is 11.9. The van der Waals surface area contributed by atoms with Gasteiger partial charge in [-0.1, -0.05) is 65.9 Å². The maximum atomic E-state index is 12.9. The topological polar surface area (TPSA) is 81.1 Å². The lowest BCUT2D eigenvalue weighted by molar-refractivity contribution is 0.248. The highest BCUT2D eigenvalue weighted by atomic mass is 32.2. The molecule has 1 atom stereocenters. The molecule has 0 saturated heterocycles. The zero-order valence-corrected chi connectivity index (χ0v) is 21.8. The van der Waals surface area contributed by atoms with E-state index in [2.05, 4.69) is 58.9 Å². The van der Waals surface area contributed by atoms with E-state index in [9.17, 15) is 4.79 Å². The Labute approximate surface area is 216 Å². The molecule has 186 valence electrons. The number of para-hydroxylation sites is 2. The number of ether oxygens (including phenoxy) is 1. The molecule has 0 aliphatic rings. The second kappa shape index (κ2) is 11.8. The van der Waals surface area contributed by atoms with Gasteiger partial charge in [-0.05, 0) is 63.1 Å². The average Bonchev–Trinajstić information content (AvgIpc) is 3.29. The number of hydrogen-bond donors (Lipinski definition) is 2. The van der Waals surface area contributed by atoms with Gasteiger partial charge in [0.05, 0.1) is 18.3 Å². The minimum atomic E-state index is -0.397. The molecular weight excluding hydrogens is 470 g/mol. The fourth-order valence-electron chi connectivity index (χ4n) is 3.78. The predicted molar refractivity (Wildman–Crippen MR) is 145 cm³/mol. The van der Waals surface area contributed by atoms with E-state index < -0.39 is 6.04 Å². The summed E-state index contributed by atoms with van der Waals surface area (Å²) in [5.41, 5.74) is 5.22. The molecule has 1 aromatic heterocycles. The first-order valence-corrected chi connectivity index (χ1v) is 12.9. The van der Waals surface area contributed by atoms with Gasteiger partial charge in [0.2, 0.25) is 0 Å². The zero-order valence-electron chi connectivity index (χ0n) is 21.0. The molecule has 0 bridgehead atoms. The molecule has 1 heterocycles. The average molecular weight is 502 g/mol. The molecule has 0 aliphatic heterocycles. The maximum absolute atomic E-state index is 12.9. The van der Waals surface area contributed by atoms with E-state index in [1.54, 1.807) is 11.8 Å². The number of benzene rings is 3. The Morgan fingerprint density at radius 1 is 1.00 bits per heavy atom. The second-order valence-electron chi connectivity index (χ2n) is 8.48. The van der Waals surface area contributed by atoms with Crippen LogP contribution >= 0.6 is 11.8 Å². The Balaban J connectivity index is 1.56. The summed E-state index contributed by atoms with van der Waals surface area (Å²) in [5.74, 6) is 2.05. The largest absolute Gasteiger partial charge is 0.492 e. The molecule has 4 aromatic rings. The number of carbonyl (C=O) groups is 1. The summed E-state index contributed by atoms with van der Waals surface area (Å²) in [6.07, 6.45) is 0. The Kier molecular flexibility index (Phi) is 8.28. The molecule has 0 saturated carbocycles. The molecule has 0 radical (unpaired) electrons. The standard InChI is InChI=1S/C28H31N5O2S/c1-5-35-25-13-9-8-12-24(25)30-27(34)29-21(4)26-31-32-28(33(26)23-16-14-19(2)15-17-23)36-18-22-11-7-6-10-20(22)3/h6-17,21H,5,18H2,1-4H3,(H2,29,30,34). The van der Waals surface area contributed by atoms with Crippen LogP contribution in [0.25, 0.3) is 5.69 Å². The molecule has 7 nitrogen and oxygen atoms in total. The number of aromatic nitrogens is 3. The minimum Gasteiger partial charge on any atom is -0.492 e. The fraction of sp³-hybridized carbons (Fsp3) is 0.250. The van der Waals surface area contributed by atoms with Gasteiger partial charge in [-0.3, -0.25) is 4.57 Å². The van der Waals surface area contributed by atoms with E-state index in [4.69, 9.17) is 4.74 Å². The highest BCUT2D eigenvalue weighted by molar-refractivity contribution is 7.98. The van der Waals surface area contributed by atoms with Gasteiger partial charge in [0, 0.05) is 11.4 Å². The number of carbonyl (C=O) groups excluding carboxylic acids is 1. The van der Waals surface area contributed by atoms with Gasteiger partial charge >= 0.3 is 6.03 Å². The van der Waals surface area contributed by atoms with E-state index in [1.807, 2.05) is 66.9 Å². The molecule has 8 heteroatoms. The number of nitrogens with zero attached hydrogens (tertiary/aromatic N) is 3. The van der Waals surface area contributed by atoms with Gasteiger partial charge in [0.1, 0.15) is 5.75 Å². The molecular formula is C28H31N5O2S. The Bertz CT molecular complexity index is 1320. The van der Waals surface area contributed by atoms with Crippen LogP contribution in [0.1, 0.15) is 42.4 Å². The van der Waals surface area contributed by atoms with Crippen molar-refractivity contribution in [2.75, 3.05) is 11.9 Å². The quantitative estimate of drug-likeness (QED) is 0.257. The molecule has 2 N–H and O–H groups in total. The van der Waals surface area contributed by atoms with Gasteiger partial charge in [0.25, 0.3) is 0 Å². The van der Waals surface area contributed by atoms with Crippen LogP contribution in [0.2, 0.25) is 0 Å². The van der Waals surface area contributed by atoms with Crippen LogP contribution in [-0.4, -0.2) is 27.4 Å². The number of rotatable bonds is 9. The minimum absolute atomic E-state index is 0.345. The van der Waals surface area contributed by atoms with E-state index >= 15 is 0 Å². The number of aryl methyl sites for hydroxylation is 2. The van der Waals surface area contributed by atoms with Gasteiger partial charge in [-0.2, -0.15) is 0 Å². The number of anilines is 1. The monoisotopic (exact) mass is 501 g/mol. The fourth-order valence-corrected chi connectivity index (χ4v) is 4.81. The molecule has 0 aliphatic carbocycles. The van der Waals surface area contributed by atoms with Crippen LogP contribution in [-0.2, 0) is 5.75 Å². The number of thioether (sulfide) groups is 1. The first-order chi connectivity index (χ1) is 17.5. The molecule has 36 heavy (non-hydrogen) atoms. The van der Waals surface area contributed by atoms with Crippen molar-refractivity contribution in [3.05, 3.63) is 95.3 Å². The Morgan fingerprint density at radius 2 is 1.72 bits per heavy atom. The van der Waals surface area contributed by atoms with Crippen molar-refractivity contribution < 1.29 is 9.53 Å². The summed E-state index contributed by atoms with van der Waals surface area (Å²) in [5, 5.41) is 15.6. The molecule has 1 unspecified atom stereocenters. The van der Waals surface area contributed by atoms with Crippen LogP contribution < -0.4 is 15.4 Å². The van der Waals surface area contributed by atoms with E-state index in [-0.39, 0.29) is 6.03 Å². The SMILES string of the molecule is CCOc1ccccc1NC(=O)NC(C)c1nnc(SCc2ccccc2C)n1-c1ccc(C)cc1. The van der Waals surface area contributed by atoms with Crippen molar-refractivity contribution in [1.82, 2.24) is 20.1 Å². The van der Waals surface area contributed by atoms with Crippen molar-refractivity contribution in [3.8, 4) is 11.4 Å². The number of nitrogens with one attached hydrogen (secondary N) is 2. The van der Waals surface area contributed by atoms with E-state index in [1.165, 1.54) is 16.7 Å². The van der Waals surface area contributed by atoms with Crippen LogP contribution in [0.5, 0.6) is 5.75 Å². The van der Waals surface area contributed by atoms with E-state index in [0.29, 0.717) is 23.9 Å². The third kappa shape index (κ3) is 6.07.